The minimum Gasteiger partial charge on any atom is -0.303 e. The number of hydrogen-bond donors (Lipinski definition) is 0. The molecule has 124 valence electrons. The summed E-state index contributed by atoms with van der Waals surface area (Å²) in [5, 5.41) is 9.91. The van der Waals surface area contributed by atoms with Crippen LogP contribution in [-0.4, -0.2) is 4.57 Å². The van der Waals surface area contributed by atoms with Gasteiger partial charge in [0.05, 0.1) is 12.2 Å². The second kappa shape index (κ2) is 7.10. The first-order chi connectivity index (χ1) is 12.0. The fourth-order valence-corrected chi connectivity index (χ4v) is 2.88. The predicted molar refractivity (Wildman–Crippen MR) is 96.4 cm³/mol. The number of aromatic nitrogens is 1. The molecule has 0 aliphatic carbocycles. The summed E-state index contributed by atoms with van der Waals surface area (Å²) < 4.78 is 15.5. The summed E-state index contributed by atoms with van der Waals surface area (Å²) in [6, 6.07) is 16.2. The molecule has 25 heavy (non-hydrogen) atoms. The summed E-state index contributed by atoms with van der Waals surface area (Å²) >= 11 is 12.0. The zero-order valence-electron chi connectivity index (χ0n) is 12.8. The molecule has 2 aromatic carbocycles. The molecule has 0 atom stereocenters. The van der Waals surface area contributed by atoms with Crippen LogP contribution in [-0.2, 0) is 6.54 Å². The number of benzene rings is 2. The molecule has 1 heterocycles. The van der Waals surface area contributed by atoms with Crippen LogP contribution >= 0.6 is 23.2 Å². The van der Waals surface area contributed by atoms with Crippen LogP contribution in [0.5, 0.6) is 0 Å². The molecular weight excluding hydrogens is 362 g/mol. The van der Waals surface area contributed by atoms with Crippen molar-refractivity contribution in [3.8, 4) is 17.3 Å². The van der Waals surface area contributed by atoms with Crippen LogP contribution < -0.4 is 5.56 Å². The lowest BCUT2D eigenvalue weighted by atomic mass is 10.1. The van der Waals surface area contributed by atoms with E-state index in [0.717, 1.165) is 5.56 Å². The minimum atomic E-state index is -0.510. The maximum atomic E-state index is 14.2. The Balaban J connectivity index is 2.21. The normalized spacial score (nSPS) is 10.5. The van der Waals surface area contributed by atoms with Gasteiger partial charge >= 0.3 is 0 Å². The van der Waals surface area contributed by atoms with Gasteiger partial charge in [-0.25, -0.2) is 4.39 Å². The fourth-order valence-electron chi connectivity index (χ4n) is 2.53. The molecule has 0 bridgehead atoms. The molecule has 0 saturated carbocycles. The molecular formula is C19H11Cl2FN2O. The average molecular weight is 373 g/mol. The zero-order chi connectivity index (χ0) is 18.0. The highest BCUT2D eigenvalue weighted by atomic mass is 35.5. The topological polar surface area (TPSA) is 45.8 Å². The first-order valence-electron chi connectivity index (χ1n) is 7.34. The maximum Gasteiger partial charge on any atom is 0.269 e. The smallest absolute Gasteiger partial charge is 0.269 e. The Morgan fingerprint density at radius 2 is 1.76 bits per heavy atom. The quantitative estimate of drug-likeness (QED) is 0.657. The van der Waals surface area contributed by atoms with Crippen molar-refractivity contribution in [3.05, 3.63) is 91.9 Å². The third-order valence-corrected chi connectivity index (χ3v) is 4.42. The van der Waals surface area contributed by atoms with Crippen LogP contribution in [0.2, 0.25) is 10.0 Å². The van der Waals surface area contributed by atoms with E-state index in [1.165, 1.54) is 22.8 Å². The largest absolute Gasteiger partial charge is 0.303 e. The van der Waals surface area contributed by atoms with Crippen molar-refractivity contribution in [2.75, 3.05) is 0 Å². The van der Waals surface area contributed by atoms with Gasteiger partial charge in [0.25, 0.3) is 5.56 Å². The second-order valence-corrected chi connectivity index (χ2v) is 6.19. The van der Waals surface area contributed by atoms with Crippen molar-refractivity contribution >= 4 is 23.2 Å². The summed E-state index contributed by atoms with van der Waals surface area (Å²) in [4.78, 5) is 12.6. The number of rotatable bonds is 3. The second-order valence-electron chi connectivity index (χ2n) is 5.34. The zero-order valence-corrected chi connectivity index (χ0v) is 14.4. The van der Waals surface area contributed by atoms with E-state index in [9.17, 15) is 9.18 Å². The average Bonchev–Trinajstić information content (AvgIpc) is 2.60. The predicted octanol–water partition coefficient (Wildman–Crippen LogP) is 4.88. The molecule has 0 radical (unpaired) electrons. The lowest BCUT2D eigenvalue weighted by Crippen LogP contribution is -2.25. The van der Waals surface area contributed by atoms with Crippen LogP contribution in [0.3, 0.4) is 0 Å². The standard InChI is InChI=1S/C19H11Cl2FN2O/c20-14-7-4-12(5-8-14)18-9-6-13(10-23)19(25)24(18)11-15-16(21)2-1-3-17(15)22/h1-9H,11H2. The van der Waals surface area contributed by atoms with Gasteiger partial charge in [0.1, 0.15) is 17.4 Å². The third kappa shape index (κ3) is 3.43. The maximum absolute atomic E-state index is 14.2. The van der Waals surface area contributed by atoms with Crippen molar-refractivity contribution in [1.29, 1.82) is 5.26 Å². The molecule has 6 heteroatoms. The minimum absolute atomic E-state index is 0.0230. The van der Waals surface area contributed by atoms with Crippen molar-refractivity contribution in [3.63, 3.8) is 0 Å². The molecule has 0 N–H and O–H groups in total. The van der Waals surface area contributed by atoms with Crippen LogP contribution in [0.1, 0.15) is 11.1 Å². The third-order valence-electron chi connectivity index (χ3n) is 3.81. The number of pyridine rings is 1. The van der Waals surface area contributed by atoms with E-state index >= 15 is 0 Å². The van der Waals surface area contributed by atoms with E-state index in [-0.39, 0.29) is 22.7 Å². The van der Waals surface area contributed by atoms with Crippen molar-refractivity contribution in [1.82, 2.24) is 4.57 Å². The van der Waals surface area contributed by atoms with Gasteiger partial charge < -0.3 is 4.57 Å². The highest BCUT2D eigenvalue weighted by Gasteiger charge is 2.15. The molecule has 0 saturated heterocycles. The number of nitrogens with zero attached hydrogens (tertiary/aromatic N) is 2. The highest BCUT2D eigenvalue weighted by Crippen LogP contribution is 2.24. The van der Waals surface area contributed by atoms with Crippen molar-refractivity contribution in [2.45, 2.75) is 6.54 Å². The van der Waals surface area contributed by atoms with E-state index in [4.69, 9.17) is 28.5 Å². The molecule has 0 amide bonds. The SMILES string of the molecule is N#Cc1ccc(-c2ccc(Cl)cc2)n(Cc2c(F)cccc2Cl)c1=O. The molecule has 3 nitrogen and oxygen atoms in total. The first kappa shape index (κ1) is 17.2. The summed E-state index contributed by atoms with van der Waals surface area (Å²) in [6.45, 7) is -0.0855. The Hall–Kier alpha value is -2.61. The van der Waals surface area contributed by atoms with Gasteiger partial charge in [-0.2, -0.15) is 5.26 Å². The van der Waals surface area contributed by atoms with Crippen LogP contribution in [0.4, 0.5) is 4.39 Å². The van der Waals surface area contributed by atoms with Gasteiger partial charge in [-0.15, -0.1) is 0 Å². The van der Waals surface area contributed by atoms with E-state index in [0.29, 0.717) is 10.7 Å². The molecule has 0 unspecified atom stereocenters. The van der Waals surface area contributed by atoms with Gasteiger partial charge in [0, 0.05) is 15.6 Å². The van der Waals surface area contributed by atoms with Gasteiger partial charge in [-0.1, -0.05) is 41.4 Å². The van der Waals surface area contributed by atoms with E-state index < -0.39 is 11.4 Å². The fraction of sp³-hybridized carbons (Fsp3) is 0.0526. The summed E-state index contributed by atoms with van der Waals surface area (Å²) in [7, 11) is 0. The molecule has 1 aromatic heterocycles. The molecule has 3 aromatic rings. The summed E-state index contributed by atoms with van der Waals surface area (Å²) in [5.74, 6) is -0.510. The molecule has 0 aliphatic heterocycles. The van der Waals surface area contributed by atoms with E-state index in [2.05, 4.69) is 0 Å². The monoisotopic (exact) mass is 372 g/mol. The Morgan fingerprint density at radius 1 is 1.04 bits per heavy atom. The van der Waals surface area contributed by atoms with E-state index in [1.807, 2.05) is 6.07 Å². The molecule has 0 aliphatic rings. The number of nitriles is 1. The Morgan fingerprint density at radius 3 is 2.40 bits per heavy atom. The van der Waals surface area contributed by atoms with Crippen LogP contribution in [0, 0.1) is 17.1 Å². The number of hydrogen-bond acceptors (Lipinski definition) is 2. The number of halogens is 3. The molecule has 3 rings (SSSR count). The first-order valence-corrected chi connectivity index (χ1v) is 8.09. The van der Waals surface area contributed by atoms with Crippen LogP contribution in [0.25, 0.3) is 11.3 Å². The molecule has 0 fully saturated rings. The lowest BCUT2D eigenvalue weighted by Gasteiger charge is -2.15. The highest BCUT2D eigenvalue weighted by molar-refractivity contribution is 6.31. The van der Waals surface area contributed by atoms with Gasteiger partial charge in [-0.3, -0.25) is 4.79 Å². The summed E-state index contributed by atoms with van der Waals surface area (Å²) in [5.41, 5.74) is 0.925. The van der Waals surface area contributed by atoms with Gasteiger partial charge in [0.15, 0.2) is 0 Å². The Bertz CT molecular complexity index is 1020. The Kier molecular flexibility index (Phi) is 4.89. The molecule has 0 spiro atoms. The van der Waals surface area contributed by atoms with Gasteiger partial charge in [-0.05, 0) is 42.0 Å². The van der Waals surface area contributed by atoms with Gasteiger partial charge in [0.2, 0.25) is 0 Å². The summed E-state index contributed by atoms with van der Waals surface area (Å²) in [6.07, 6.45) is 0. The Labute approximate surface area is 153 Å². The van der Waals surface area contributed by atoms with E-state index in [1.54, 1.807) is 36.4 Å². The van der Waals surface area contributed by atoms with Crippen molar-refractivity contribution in [2.24, 2.45) is 0 Å². The van der Waals surface area contributed by atoms with Crippen LogP contribution in [0.15, 0.2) is 59.4 Å². The lowest BCUT2D eigenvalue weighted by molar-refractivity contribution is 0.597. The van der Waals surface area contributed by atoms with Crippen molar-refractivity contribution < 1.29 is 4.39 Å².